The molecule has 0 unspecified atom stereocenters. The molecule has 0 N–H and O–H groups in total. The monoisotopic (exact) mass is 350 g/mol. The van der Waals surface area contributed by atoms with Crippen molar-refractivity contribution >= 4 is 21.8 Å². The van der Waals surface area contributed by atoms with E-state index in [1.165, 1.54) is 35.3 Å². The summed E-state index contributed by atoms with van der Waals surface area (Å²) in [6, 6.07) is 0. The summed E-state index contributed by atoms with van der Waals surface area (Å²) in [7, 11) is -3.44. The van der Waals surface area contributed by atoms with Crippen molar-refractivity contribution in [2.45, 2.75) is 58.3 Å². The zero-order chi connectivity index (χ0) is 16.4. The van der Waals surface area contributed by atoms with Gasteiger partial charge in [-0.05, 0) is 12.8 Å². The first-order valence-corrected chi connectivity index (χ1v) is 10.6. The van der Waals surface area contributed by atoms with Gasteiger partial charge in [-0.2, -0.15) is 0 Å². The van der Waals surface area contributed by atoms with Crippen LogP contribution in [0, 0.1) is 10.1 Å². The molecule has 1 saturated heterocycles. The lowest BCUT2D eigenvalue weighted by atomic mass is 10.1. The molecule has 8 heteroatoms. The predicted octanol–water partition coefficient (Wildman–Crippen LogP) is 3.58. The first kappa shape index (κ1) is 19.3. The number of hydrogen-bond acceptors (Lipinski definition) is 5. The average molecular weight is 351 g/mol. The van der Waals surface area contributed by atoms with E-state index in [9.17, 15) is 18.5 Å². The summed E-state index contributed by atoms with van der Waals surface area (Å²) in [4.78, 5) is 10.0. The lowest BCUT2D eigenvalue weighted by Gasteiger charge is -2.28. The molecule has 0 aliphatic carbocycles. The molecule has 6 nitrogen and oxygen atoms in total. The van der Waals surface area contributed by atoms with Gasteiger partial charge in [0.1, 0.15) is 0 Å². The highest BCUT2D eigenvalue weighted by Crippen LogP contribution is 2.29. The minimum atomic E-state index is -3.44. The fraction of sp³-hybridized carbons (Fsp3) is 0.857. The minimum Gasteiger partial charge on any atom is -0.259 e. The van der Waals surface area contributed by atoms with Crippen LogP contribution in [0.5, 0.6) is 0 Å². The maximum atomic E-state index is 12.4. The number of thioether (sulfide) groups is 1. The maximum Gasteiger partial charge on any atom is 0.265 e. The first-order chi connectivity index (χ1) is 10.5. The van der Waals surface area contributed by atoms with Crippen molar-refractivity contribution in [3.63, 3.8) is 0 Å². The number of sulfonamides is 1. The average Bonchev–Trinajstić information content (AvgIpc) is 2.46. The Hall–Kier alpha value is -0.760. The number of unbranched alkanes of at least 4 members (excludes halogenated alkanes) is 6. The van der Waals surface area contributed by atoms with Crippen molar-refractivity contribution in [3.8, 4) is 0 Å². The van der Waals surface area contributed by atoms with Crippen LogP contribution in [0.4, 0.5) is 0 Å². The Balaban J connectivity index is 2.45. The highest BCUT2D eigenvalue weighted by Gasteiger charge is 2.29. The highest BCUT2D eigenvalue weighted by atomic mass is 32.2. The molecule has 0 atom stereocenters. The number of nitrogens with zero attached hydrogens (tertiary/aromatic N) is 2. The number of hydrogen-bond donors (Lipinski definition) is 0. The molecule has 0 spiro atoms. The summed E-state index contributed by atoms with van der Waals surface area (Å²) < 4.78 is 25.9. The van der Waals surface area contributed by atoms with Crippen LogP contribution in [-0.4, -0.2) is 35.7 Å². The Morgan fingerprint density at radius 1 is 1.23 bits per heavy atom. The molecule has 1 fully saturated rings. The molecule has 1 rings (SSSR count). The molecular weight excluding hydrogens is 324 g/mol. The van der Waals surface area contributed by atoms with E-state index in [-0.39, 0.29) is 10.8 Å². The highest BCUT2D eigenvalue weighted by molar-refractivity contribution is 8.04. The van der Waals surface area contributed by atoms with Crippen LogP contribution in [0.25, 0.3) is 0 Å². The number of nitro groups is 1. The summed E-state index contributed by atoms with van der Waals surface area (Å²) in [5, 5.41) is 10.9. The molecule has 0 aromatic carbocycles. The van der Waals surface area contributed by atoms with E-state index in [2.05, 4.69) is 6.92 Å². The van der Waals surface area contributed by atoms with Crippen LogP contribution in [-0.2, 0) is 10.0 Å². The standard InChI is InChI=1S/C14H26N2O4S2/c1-2-3-4-5-6-7-8-12-22(19,20)15-10-9-11-21-14(15)13-16(17)18/h13H,2-12H2,1H3/b14-13-. The fourth-order valence-electron chi connectivity index (χ4n) is 2.39. The van der Waals surface area contributed by atoms with Crippen molar-refractivity contribution in [1.29, 1.82) is 0 Å². The quantitative estimate of drug-likeness (QED) is 0.342. The summed E-state index contributed by atoms with van der Waals surface area (Å²) in [6.45, 7) is 2.52. The van der Waals surface area contributed by atoms with Crippen LogP contribution in [0.2, 0.25) is 0 Å². The molecule has 1 heterocycles. The van der Waals surface area contributed by atoms with Gasteiger partial charge in [-0.15, -0.1) is 11.8 Å². The Bertz CT molecular complexity index is 477. The molecule has 0 aromatic heterocycles. The van der Waals surface area contributed by atoms with Gasteiger partial charge < -0.3 is 0 Å². The number of rotatable bonds is 10. The fourth-order valence-corrected chi connectivity index (χ4v) is 5.28. The van der Waals surface area contributed by atoms with E-state index < -0.39 is 14.9 Å². The van der Waals surface area contributed by atoms with E-state index in [1.54, 1.807) is 0 Å². The maximum absolute atomic E-state index is 12.4. The Morgan fingerprint density at radius 2 is 1.86 bits per heavy atom. The van der Waals surface area contributed by atoms with Gasteiger partial charge >= 0.3 is 0 Å². The Labute approximate surface area is 137 Å². The van der Waals surface area contributed by atoms with E-state index in [1.807, 2.05) is 0 Å². The third-order valence-electron chi connectivity index (χ3n) is 3.56. The topological polar surface area (TPSA) is 80.5 Å². The molecule has 0 bridgehead atoms. The molecule has 0 radical (unpaired) electrons. The Morgan fingerprint density at radius 3 is 2.50 bits per heavy atom. The van der Waals surface area contributed by atoms with Crippen LogP contribution in [0.1, 0.15) is 58.3 Å². The second-order valence-corrected chi connectivity index (χ2v) is 8.59. The molecule has 1 aliphatic heterocycles. The SMILES string of the molecule is CCCCCCCCCS(=O)(=O)N1CCCS/C1=C\[N+](=O)[O-]. The normalized spacial score (nSPS) is 17.9. The van der Waals surface area contributed by atoms with Gasteiger partial charge in [0.05, 0.1) is 10.7 Å². The van der Waals surface area contributed by atoms with Gasteiger partial charge in [-0.3, -0.25) is 14.4 Å². The molecule has 22 heavy (non-hydrogen) atoms. The van der Waals surface area contributed by atoms with E-state index >= 15 is 0 Å². The van der Waals surface area contributed by atoms with Crippen molar-refractivity contribution in [2.75, 3.05) is 18.1 Å². The van der Waals surface area contributed by atoms with E-state index in [4.69, 9.17) is 0 Å². The minimum absolute atomic E-state index is 0.0798. The van der Waals surface area contributed by atoms with Crippen LogP contribution in [0.3, 0.4) is 0 Å². The van der Waals surface area contributed by atoms with Crippen LogP contribution < -0.4 is 0 Å². The van der Waals surface area contributed by atoms with Crippen molar-refractivity contribution in [2.24, 2.45) is 0 Å². The van der Waals surface area contributed by atoms with E-state index in [0.717, 1.165) is 37.6 Å². The summed E-state index contributed by atoms with van der Waals surface area (Å²) in [5.74, 6) is 0.805. The summed E-state index contributed by atoms with van der Waals surface area (Å²) in [5.41, 5.74) is 0. The smallest absolute Gasteiger partial charge is 0.259 e. The van der Waals surface area contributed by atoms with Gasteiger partial charge in [-0.1, -0.05) is 45.4 Å². The third kappa shape index (κ3) is 7.00. The van der Waals surface area contributed by atoms with Gasteiger partial charge in [0.2, 0.25) is 10.0 Å². The zero-order valence-electron chi connectivity index (χ0n) is 13.2. The largest absolute Gasteiger partial charge is 0.265 e. The summed E-state index contributed by atoms with van der Waals surface area (Å²) in [6.07, 6.45) is 8.93. The molecule has 1 aliphatic rings. The third-order valence-corrected chi connectivity index (χ3v) is 6.64. The lowest BCUT2D eigenvalue weighted by molar-refractivity contribution is -0.403. The molecular formula is C14H26N2O4S2. The molecule has 0 saturated carbocycles. The van der Waals surface area contributed by atoms with Crippen LogP contribution in [0.15, 0.2) is 11.2 Å². The molecule has 0 aromatic rings. The van der Waals surface area contributed by atoms with Crippen molar-refractivity contribution in [3.05, 3.63) is 21.3 Å². The van der Waals surface area contributed by atoms with Gasteiger partial charge in [-0.25, -0.2) is 8.42 Å². The predicted molar refractivity (Wildman–Crippen MR) is 90.6 cm³/mol. The zero-order valence-corrected chi connectivity index (χ0v) is 14.8. The summed E-state index contributed by atoms with van der Waals surface area (Å²) >= 11 is 1.25. The van der Waals surface area contributed by atoms with Gasteiger partial charge in [0.15, 0.2) is 5.03 Å². The Kier molecular flexibility index (Phi) is 8.85. The van der Waals surface area contributed by atoms with Crippen molar-refractivity contribution in [1.82, 2.24) is 4.31 Å². The first-order valence-electron chi connectivity index (χ1n) is 7.96. The van der Waals surface area contributed by atoms with Crippen molar-refractivity contribution < 1.29 is 13.3 Å². The van der Waals surface area contributed by atoms with Gasteiger partial charge in [0, 0.05) is 12.3 Å². The van der Waals surface area contributed by atoms with Crippen LogP contribution >= 0.6 is 11.8 Å². The second-order valence-electron chi connectivity index (χ2n) is 5.46. The lowest BCUT2D eigenvalue weighted by Crippen LogP contribution is -2.35. The second kappa shape index (κ2) is 10.1. The van der Waals surface area contributed by atoms with E-state index in [0.29, 0.717) is 13.0 Å². The van der Waals surface area contributed by atoms with Gasteiger partial charge in [0.25, 0.3) is 6.20 Å². The molecule has 0 amide bonds. The molecule has 128 valence electrons.